The van der Waals surface area contributed by atoms with Gasteiger partial charge in [0.15, 0.2) is 0 Å². The van der Waals surface area contributed by atoms with Gasteiger partial charge in [-0.15, -0.1) is 0 Å². The Bertz CT molecular complexity index is 87.0. The van der Waals surface area contributed by atoms with E-state index in [1.807, 2.05) is 22.6 Å². The summed E-state index contributed by atoms with van der Waals surface area (Å²) < 4.78 is 0.530. The standard InChI is InChI=1S/C5H11IN2O/c6-4-5(9)8-3-1-2-7/h1-4,7H2,(H,8,9). The minimum absolute atomic E-state index is 0.0871. The molecule has 0 rings (SSSR count). The van der Waals surface area contributed by atoms with E-state index in [0.29, 0.717) is 17.5 Å². The maximum absolute atomic E-state index is 10.5. The summed E-state index contributed by atoms with van der Waals surface area (Å²) in [5.74, 6) is 0.0871. The summed E-state index contributed by atoms with van der Waals surface area (Å²) >= 11 is 2.02. The fraction of sp³-hybridized carbons (Fsp3) is 0.800. The molecule has 0 atom stereocenters. The zero-order valence-electron chi connectivity index (χ0n) is 5.19. The van der Waals surface area contributed by atoms with Crippen LogP contribution in [-0.2, 0) is 4.79 Å². The van der Waals surface area contributed by atoms with Gasteiger partial charge >= 0.3 is 0 Å². The minimum atomic E-state index is 0.0871. The zero-order chi connectivity index (χ0) is 7.11. The largest absolute Gasteiger partial charge is 0.355 e. The Morgan fingerprint density at radius 2 is 2.33 bits per heavy atom. The van der Waals surface area contributed by atoms with Gasteiger partial charge in [-0.1, -0.05) is 22.6 Å². The van der Waals surface area contributed by atoms with Gasteiger partial charge in [-0.25, -0.2) is 0 Å². The van der Waals surface area contributed by atoms with Crippen molar-refractivity contribution < 1.29 is 4.79 Å². The quantitative estimate of drug-likeness (QED) is 0.410. The highest BCUT2D eigenvalue weighted by Gasteiger charge is 1.93. The number of amides is 1. The van der Waals surface area contributed by atoms with Gasteiger partial charge < -0.3 is 11.1 Å². The van der Waals surface area contributed by atoms with Crippen LogP contribution in [0.1, 0.15) is 6.42 Å². The smallest absolute Gasteiger partial charge is 0.229 e. The molecule has 0 spiro atoms. The van der Waals surface area contributed by atoms with Gasteiger partial charge in [0.05, 0.1) is 4.43 Å². The lowest BCUT2D eigenvalue weighted by molar-refractivity contribution is -0.118. The molecule has 0 aliphatic rings. The van der Waals surface area contributed by atoms with Crippen molar-refractivity contribution in [2.24, 2.45) is 5.73 Å². The highest BCUT2D eigenvalue weighted by atomic mass is 127. The lowest BCUT2D eigenvalue weighted by Gasteiger charge is -1.98. The summed E-state index contributed by atoms with van der Waals surface area (Å²) in [6.45, 7) is 1.35. The first-order valence-corrected chi connectivity index (χ1v) is 4.36. The summed E-state index contributed by atoms with van der Waals surface area (Å²) in [4.78, 5) is 10.5. The lowest BCUT2D eigenvalue weighted by Crippen LogP contribution is -2.26. The first kappa shape index (κ1) is 9.16. The van der Waals surface area contributed by atoms with Crippen molar-refractivity contribution in [2.75, 3.05) is 17.5 Å². The lowest BCUT2D eigenvalue weighted by atomic mass is 10.4. The maximum Gasteiger partial charge on any atom is 0.229 e. The molecule has 3 N–H and O–H groups in total. The third kappa shape index (κ3) is 6.04. The maximum atomic E-state index is 10.5. The Hall–Kier alpha value is 0.160. The number of nitrogens with two attached hydrogens (primary N) is 1. The number of carbonyl (C=O) groups excluding carboxylic acids is 1. The molecule has 0 bridgehead atoms. The molecule has 0 fully saturated rings. The van der Waals surface area contributed by atoms with Crippen molar-refractivity contribution in [3.8, 4) is 0 Å². The number of halogens is 1. The number of alkyl halides is 1. The summed E-state index contributed by atoms with van der Waals surface area (Å²) in [7, 11) is 0. The van der Waals surface area contributed by atoms with Crippen LogP contribution in [0.3, 0.4) is 0 Å². The molecule has 4 heteroatoms. The first-order chi connectivity index (χ1) is 4.31. The Morgan fingerprint density at radius 3 is 2.78 bits per heavy atom. The normalized spacial score (nSPS) is 9.11. The molecule has 0 unspecified atom stereocenters. The monoisotopic (exact) mass is 242 g/mol. The van der Waals surface area contributed by atoms with E-state index in [2.05, 4.69) is 5.32 Å². The SMILES string of the molecule is NCCCNC(=O)CI. The fourth-order valence-corrected chi connectivity index (χ4v) is 0.647. The van der Waals surface area contributed by atoms with Gasteiger partial charge in [0.25, 0.3) is 0 Å². The molecular formula is C5H11IN2O. The van der Waals surface area contributed by atoms with Crippen LogP contribution in [0.25, 0.3) is 0 Å². The average Bonchev–Trinajstić information content (AvgIpc) is 1.89. The minimum Gasteiger partial charge on any atom is -0.355 e. The Morgan fingerprint density at radius 1 is 1.67 bits per heavy atom. The molecule has 0 saturated heterocycles. The van der Waals surface area contributed by atoms with Gasteiger partial charge in [0.2, 0.25) is 5.91 Å². The molecule has 0 radical (unpaired) electrons. The van der Waals surface area contributed by atoms with E-state index in [1.165, 1.54) is 0 Å². The molecule has 1 amide bonds. The van der Waals surface area contributed by atoms with Crippen molar-refractivity contribution in [1.82, 2.24) is 5.32 Å². The molecule has 0 aromatic rings. The number of hydrogen-bond acceptors (Lipinski definition) is 2. The summed E-state index contributed by atoms with van der Waals surface area (Å²) in [5.41, 5.74) is 5.20. The van der Waals surface area contributed by atoms with E-state index in [4.69, 9.17) is 5.73 Å². The number of hydrogen-bond donors (Lipinski definition) is 2. The molecule has 3 nitrogen and oxygen atoms in total. The number of rotatable bonds is 4. The van der Waals surface area contributed by atoms with Crippen molar-refractivity contribution in [3.63, 3.8) is 0 Å². The summed E-state index contributed by atoms with van der Waals surface area (Å²) in [5, 5.41) is 2.71. The van der Waals surface area contributed by atoms with Crippen molar-refractivity contribution in [1.29, 1.82) is 0 Å². The predicted molar refractivity (Wildman–Crippen MR) is 45.6 cm³/mol. The second kappa shape index (κ2) is 6.28. The van der Waals surface area contributed by atoms with Crippen LogP contribution < -0.4 is 11.1 Å². The number of carbonyl (C=O) groups is 1. The number of nitrogens with one attached hydrogen (secondary N) is 1. The third-order valence-corrected chi connectivity index (χ3v) is 1.52. The van der Waals surface area contributed by atoms with Crippen LogP contribution in [0.2, 0.25) is 0 Å². The van der Waals surface area contributed by atoms with Gasteiger partial charge in [0, 0.05) is 6.54 Å². The van der Waals surface area contributed by atoms with Crippen LogP contribution in [0.15, 0.2) is 0 Å². The molecule has 54 valence electrons. The molecule has 0 aliphatic heterocycles. The molecule has 0 saturated carbocycles. The van der Waals surface area contributed by atoms with Crippen molar-refractivity contribution in [2.45, 2.75) is 6.42 Å². The molecule has 0 heterocycles. The zero-order valence-corrected chi connectivity index (χ0v) is 7.35. The second-order valence-electron chi connectivity index (χ2n) is 1.63. The van der Waals surface area contributed by atoms with Crippen molar-refractivity contribution in [3.05, 3.63) is 0 Å². The molecule has 0 aliphatic carbocycles. The van der Waals surface area contributed by atoms with Crippen LogP contribution in [0.4, 0.5) is 0 Å². The molecule has 0 aromatic carbocycles. The predicted octanol–water partition coefficient (Wildman–Crippen LogP) is -0.114. The second-order valence-corrected chi connectivity index (χ2v) is 2.39. The first-order valence-electron chi connectivity index (χ1n) is 2.84. The van der Waals surface area contributed by atoms with Crippen molar-refractivity contribution >= 4 is 28.5 Å². The van der Waals surface area contributed by atoms with Crippen LogP contribution >= 0.6 is 22.6 Å². The van der Waals surface area contributed by atoms with Gasteiger partial charge in [-0.05, 0) is 13.0 Å². The van der Waals surface area contributed by atoms with Crippen LogP contribution in [0, 0.1) is 0 Å². The third-order valence-electron chi connectivity index (χ3n) is 0.824. The fourth-order valence-electron chi connectivity index (χ4n) is 0.377. The summed E-state index contributed by atoms with van der Waals surface area (Å²) in [6.07, 6.45) is 0.863. The Labute approximate surface area is 68.5 Å². The highest BCUT2D eigenvalue weighted by Crippen LogP contribution is 1.79. The van der Waals surface area contributed by atoms with Gasteiger partial charge in [-0.3, -0.25) is 4.79 Å². The molecule has 9 heavy (non-hydrogen) atoms. The summed E-state index contributed by atoms with van der Waals surface area (Å²) in [6, 6.07) is 0. The van der Waals surface area contributed by atoms with E-state index >= 15 is 0 Å². The van der Waals surface area contributed by atoms with Gasteiger partial charge in [0.1, 0.15) is 0 Å². The van der Waals surface area contributed by atoms with E-state index < -0.39 is 0 Å². The van der Waals surface area contributed by atoms with E-state index in [9.17, 15) is 4.79 Å². The van der Waals surface area contributed by atoms with E-state index in [0.717, 1.165) is 6.42 Å². The molecule has 0 aromatic heterocycles. The average molecular weight is 242 g/mol. The van der Waals surface area contributed by atoms with E-state index in [1.54, 1.807) is 0 Å². The molecular weight excluding hydrogens is 231 g/mol. The Balaban J connectivity index is 2.97. The van der Waals surface area contributed by atoms with E-state index in [-0.39, 0.29) is 5.91 Å². The van der Waals surface area contributed by atoms with Crippen LogP contribution in [-0.4, -0.2) is 23.4 Å². The Kier molecular flexibility index (Phi) is 6.39. The topological polar surface area (TPSA) is 55.1 Å². The van der Waals surface area contributed by atoms with Crippen LogP contribution in [0.5, 0.6) is 0 Å². The highest BCUT2D eigenvalue weighted by molar-refractivity contribution is 14.1. The van der Waals surface area contributed by atoms with Gasteiger partial charge in [-0.2, -0.15) is 0 Å².